The van der Waals surface area contributed by atoms with Gasteiger partial charge in [0, 0.05) is 6.54 Å². The fourth-order valence-electron chi connectivity index (χ4n) is 2.74. The van der Waals surface area contributed by atoms with Crippen LogP contribution >= 0.6 is 0 Å². The molecule has 5 N–H and O–H groups in total. The lowest BCUT2D eigenvalue weighted by Gasteiger charge is -2.24. The highest BCUT2D eigenvalue weighted by Gasteiger charge is 2.28. The fraction of sp³-hybridized carbons (Fsp3) is 0.583. The molecule has 0 radical (unpaired) electrons. The van der Waals surface area contributed by atoms with Crippen LogP contribution in [-0.2, 0) is 0 Å². The summed E-state index contributed by atoms with van der Waals surface area (Å²) in [6.07, 6.45) is 6.90. The smallest absolute Gasteiger partial charge is 0.241 e. The van der Waals surface area contributed by atoms with Gasteiger partial charge in [0.2, 0.25) is 5.95 Å². The largest absolute Gasteiger partial charge is 0.369 e. The molecule has 7 nitrogen and oxygen atoms in total. The number of hydrogen-bond donors (Lipinski definition) is 4. The molecule has 0 atom stereocenters. The third-order valence-corrected chi connectivity index (χ3v) is 3.93. The van der Waals surface area contributed by atoms with Gasteiger partial charge in [-0.25, -0.2) is 5.84 Å². The summed E-state index contributed by atoms with van der Waals surface area (Å²) >= 11 is 0. The SMILES string of the molecule is CC1(CNc2nc(NN)nc3[nH]ncc23)CCCC1. The minimum Gasteiger partial charge on any atom is -0.369 e. The first-order chi connectivity index (χ1) is 9.20. The van der Waals surface area contributed by atoms with E-state index in [1.165, 1.54) is 25.7 Å². The number of H-pyrrole nitrogens is 1. The number of aromatic nitrogens is 4. The first-order valence-corrected chi connectivity index (χ1v) is 6.62. The second kappa shape index (κ2) is 4.65. The zero-order valence-electron chi connectivity index (χ0n) is 11.0. The molecule has 2 aromatic rings. The molecule has 2 heterocycles. The summed E-state index contributed by atoms with van der Waals surface area (Å²) in [7, 11) is 0. The number of anilines is 2. The topological polar surface area (TPSA) is 105 Å². The van der Waals surface area contributed by atoms with Crippen molar-refractivity contribution in [2.45, 2.75) is 32.6 Å². The molecule has 0 aromatic carbocycles. The lowest BCUT2D eigenvalue weighted by Crippen LogP contribution is -2.23. The molecular formula is C12H19N7. The molecule has 2 aromatic heterocycles. The maximum absolute atomic E-state index is 5.39. The van der Waals surface area contributed by atoms with Crippen LogP contribution in [0.1, 0.15) is 32.6 Å². The van der Waals surface area contributed by atoms with Gasteiger partial charge in [-0.1, -0.05) is 19.8 Å². The van der Waals surface area contributed by atoms with E-state index in [1.807, 2.05) is 0 Å². The molecule has 102 valence electrons. The molecule has 0 amide bonds. The van der Waals surface area contributed by atoms with Gasteiger partial charge < -0.3 is 5.32 Å². The summed E-state index contributed by atoms with van der Waals surface area (Å²) in [5, 5.41) is 11.1. The predicted molar refractivity (Wildman–Crippen MR) is 74.6 cm³/mol. The van der Waals surface area contributed by atoms with Crippen molar-refractivity contribution >= 4 is 22.8 Å². The summed E-state index contributed by atoms with van der Waals surface area (Å²) < 4.78 is 0. The van der Waals surface area contributed by atoms with E-state index in [2.05, 4.69) is 37.8 Å². The molecule has 7 heteroatoms. The summed E-state index contributed by atoms with van der Waals surface area (Å²) in [5.74, 6) is 6.55. The van der Waals surface area contributed by atoms with Gasteiger partial charge in [0.05, 0.1) is 11.6 Å². The molecule has 1 fully saturated rings. The van der Waals surface area contributed by atoms with Gasteiger partial charge in [0.15, 0.2) is 5.65 Å². The Morgan fingerprint density at radius 3 is 2.89 bits per heavy atom. The Morgan fingerprint density at radius 2 is 2.16 bits per heavy atom. The van der Waals surface area contributed by atoms with Crippen molar-refractivity contribution in [3.63, 3.8) is 0 Å². The Kier molecular flexibility index (Phi) is 2.98. The van der Waals surface area contributed by atoms with Gasteiger partial charge in [-0.15, -0.1) is 0 Å². The monoisotopic (exact) mass is 261 g/mol. The zero-order chi connectivity index (χ0) is 13.3. The van der Waals surface area contributed by atoms with Gasteiger partial charge in [-0.05, 0) is 18.3 Å². The molecule has 1 saturated carbocycles. The lowest BCUT2D eigenvalue weighted by molar-refractivity contribution is 0.362. The fourth-order valence-corrected chi connectivity index (χ4v) is 2.74. The Labute approximate surface area is 111 Å². The van der Waals surface area contributed by atoms with E-state index in [0.717, 1.165) is 17.7 Å². The average molecular weight is 261 g/mol. The standard InChI is InChI=1S/C12H19N7/c1-12(4-2-3-5-12)7-14-9-8-6-15-19-10(8)17-11(16-9)18-13/h6H,2-5,7,13H2,1H3,(H3,14,15,16,17,18,19). The summed E-state index contributed by atoms with van der Waals surface area (Å²) in [6.45, 7) is 3.23. The molecule has 1 aliphatic rings. The first kappa shape index (κ1) is 12.2. The number of nitrogens with zero attached hydrogens (tertiary/aromatic N) is 3. The van der Waals surface area contributed by atoms with Crippen LogP contribution in [0.5, 0.6) is 0 Å². The van der Waals surface area contributed by atoms with Crippen molar-refractivity contribution in [1.29, 1.82) is 0 Å². The van der Waals surface area contributed by atoms with Crippen molar-refractivity contribution in [3.8, 4) is 0 Å². The molecule has 1 aliphatic carbocycles. The number of hydrazine groups is 1. The minimum absolute atomic E-state index is 0.358. The van der Waals surface area contributed by atoms with Crippen LogP contribution in [0.4, 0.5) is 11.8 Å². The Morgan fingerprint density at radius 1 is 1.37 bits per heavy atom. The molecule has 0 saturated heterocycles. The van der Waals surface area contributed by atoms with Crippen molar-refractivity contribution in [1.82, 2.24) is 20.2 Å². The van der Waals surface area contributed by atoms with E-state index in [1.54, 1.807) is 6.20 Å². The van der Waals surface area contributed by atoms with Crippen LogP contribution in [0.2, 0.25) is 0 Å². The van der Waals surface area contributed by atoms with Gasteiger partial charge in [0.25, 0.3) is 0 Å². The zero-order valence-corrected chi connectivity index (χ0v) is 11.0. The maximum Gasteiger partial charge on any atom is 0.241 e. The third-order valence-electron chi connectivity index (χ3n) is 3.93. The molecule has 0 spiro atoms. The molecular weight excluding hydrogens is 242 g/mol. The predicted octanol–water partition coefficient (Wildman–Crippen LogP) is 1.63. The van der Waals surface area contributed by atoms with Crippen LogP contribution in [-0.4, -0.2) is 26.7 Å². The van der Waals surface area contributed by atoms with Crippen LogP contribution in [0.15, 0.2) is 6.20 Å². The van der Waals surface area contributed by atoms with Crippen molar-refractivity contribution in [2.24, 2.45) is 11.3 Å². The summed E-state index contributed by atoms with van der Waals surface area (Å²) in [5.41, 5.74) is 3.52. The Balaban J connectivity index is 1.85. The molecule has 19 heavy (non-hydrogen) atoms. The van der Waals surface area contributed by atoms with E-state index in [4.69, 9.17) is 5.84 Å². The first-order valence-electron chi connectivity index (χ1n) is 6.62. The Hall–Kier alpha value is -1.89. The van der Waals surface area contributed by atoms with E-state index < -0.39 is 0 Å². The number of fused-ring (bicyclic) bond motifs is 1. The van der Waals surface area contributed by atoms with Gasteiger partial charge >= 0.3 is 0 Å². The number of nitrogen functional groups attached to an aromatic ring is 1. The second-order valence-electron chi connectivity index (χ2n) is 5.54. The number of nitrogens with two attached hydrogens (primary N) is 1. The molecule has 0 aliphatic heterocycles. The summed E-state index contributed by atoms with van der Waals surface area (Å²) in [6, 6.07) is 0. The highest BCUT2D eigenvalue weighted by atomic mass is 15.3. The highest BCUT2D eigenvalue weighted by molar-refractivity contribution is 5.86. The van der Waals surface area contributed by atoms with Gasteiger partial charge in [-0.3, -0.25) is 10.5 Å². The average Bonchev–Trinajstić information content (AvgIpc) is 3.04. The number of aromatic amines is 1. The molecule has 3 rings (SSSR count). The number of hydrogen-bond acceptors (Lipinski definition) is 6. The van der Waals surface area contributed by atoms with Crippen molar-refractivity contribution in [3.05, 3.63) is 6.20 Å². The Bertz CT molecular complexity index is 570. The number of rotatable bonds is 4. The van der Waals surface area contributed by atoms with Gasteiger partial charge in [-0.2, -0.15) is 15.1 Å². The highest BCUT2D eigenvalue weighted by Crippen LogP contribution is 2.37. The quantitative estimate of drug-likeness (QED) is 0.492. The summed E-state index contributed by atoms with van der Waals surface area (Å²) in [4.78, 5) is 8.57. The van der Waals surface area contributed by atoms with E-state index in [-0.39, 0.29) is 0 Å². The van der Waals surface area contributed by atoms with E-state index in [0.29, 0.717) is 17.0 Å². The maximum atomic E-state index is 5.39. The van der Waals surface area contributed by atoms with Crippen LogP contribution in [0.25, 0.3) is 11.0 Å². The lowest BCUT2D eigenvalue weighted by atomic mass is 9.89. The second-order valence-corrected chi connectivity index (χ2v) is 5.54. The third kappa shape index (κ3) is 2.33. The normalized spacial score (nSPS) is 17.8. The van der Waals surface area contributed by atoms with Crippen LogP contribution < -0.4 is 16.6 Å². The van der Waals surface area contributed by atoms with Gasteiger partial charge in [0.1, 0.15) is 5.82 Å². The van der Waals surface area contributed by atoms with Crippen LogP contribution in [0.3, 0.4) is 0 Å². The number of nitrogens with one attached hydrogen (secondary N) is 3. The minimum atomic E-state index is 0.358. The van der Waals surface area contributed by atoms with E-state index >= 15 is 0 Å². The van der Waals surface area contributed by atoms with E-state index in [9.17, 15) is 0 Å². The molecule has 0 bridgehead atoms. The van der Waals surface area contributed by atoms with Crippen molar-refractivity contribution in [2.75, 3.05) is 17.3 Å². The molecule has 0 unspecified atom stereocenters. The van der Waals surface area contributed by atoms with Crippen LogP contribution in [0, 0.1) is 5.41 Å². The van der Waals surface area contributed by atoms with Crippen molar-refractivity contribution < 1.29 is 0 Å².